The summed E-state index contributed by atoms with van der Waals surface area (Å²) in [5.74, 6) is 0.984. The summed E-state index contributed by atoms with van der Waals surface area (Å²) in [5, 5.41) is 1.21. The number of ether oxygens (including phenoxy) is 1. The van der Waals surface area contributed by atoms with E-state index >= 15 is 0 Å². The molecular weight excluding hydrogens is 362 g/mol. The fraction of sp³-hybridized carbons (Fsp3) is 0.550. The van der Waals surface area contributed by atoms with Crippen LogP contribution < -0.4 is 5.56 Å². The van der Waals surface area contributed by atoms with Gasteiger partial charge in [-0.1, -0.05) is 30.8 Å². The Morgan fingerprint density at radius 2 is 2.19 bits per heavy atom. The number of thioether (sulfide) groups is 1. The van der Waals surface area contributed by atoms with Crippen LogP contribution in [0.3, 0.4) is 0 Å². The van der Waals surface area contributed by atoms with Crippen molar-refractivity contribution < 1.29 is 9.53 Å². The van der Waals surface area contributed by atoms with Crippen LogP contribution in [0.25, 0.3) is 10.9 Å². The van der Waals surface area contributed by atoms with Gasteiger partial charge in [-0.3, -0.25) is 14.2 Å². The van der Waals surface area contributed by atoms with Crippen molar-refractivity contribution in [3.63, 3.8) is 0 Å². The number of methoxy groups -OCH3 is 1. The Morgan fingerprint density at radius 3 is 2.96 bits per heavy atom. The van der Waals surface area contributed by atoms with E-state index in [0.29, 0.717) is 40.9 Å². The molecule has 1 aromatic heterocycles. The van der Waals surface area contributed by atoms with Crippen molar-refractivity contribution in [3.8, 4) is 0 Å². The number of para-hydroxylation sites is 1. The van der Waals surface area contributed by atoms with Crippen LogP contribution in [0.4, 0.5) is 0 Å². The largest absolute Gasteiger partial charge is 0.385 e. The van der Waals surface area contributed by atoms with Crippen LogP contribution >= 0.6 is 11.8 Å². The van der Waals surface area contributed by atoms with Crippen molar-refractivity contribution >= 4 is 28.6 Å². The van der Waals surface area contributed by atoms with Gasteiger partial charge in [0, 0.05) is 33.4 Å². The first-order chi connectivity index (χ1) is 13.1. The highest BCUT2D eigenvalue weighted by atomic mass is 32.2. The van der Waals surface area contributed by atoms with Crippen LogP contribution in [0.15, 0.2) is 34.2 Å². The third-order valence-corrected chi connectivity index (χ3v) is 5.85. The molecule has 2 aromatic rings. The number of amides is 1. The first kappa shape index (κ1) is 19.9. The zero-order valence-electron chi connectivity index (χ0n) is 16.0. The number of hydrogen-bond donors (Lipinski definition) is 0. The van der Waals surface area contributed by atoms with E-state index < -0.39 is 0 Å². The van der Waals surface area contributed by atoms with Crippen molar-refractivity contribution in [2.45, 2.75) is 37.9 Å². The lowest BCUT2D eigenvalue weighted by atomic mass is 10.0. The van der Waals surface area contributed by atoms with Gasteiger partial charge in [0.15, 0.2) is 5.16 Å². The summed E-state index contributed by atoms with van der Waals surface area (Å²) in [6.45, 7) is 4.95. The minimum Gasteiger partial charge on any atom is -0.385 e. The summed E-state index contributed by atoms with van der Waals surface area (Å²) in [7, 11) is 1.65. The molecule has 7 heteroatoms. The van der Waals surface area contributed by atoms with Gasteiger partial charge in [-0.05, 0) is 37.3 Å². The molecule has 0 bridgehead atoms. The van der Waals surface area contributed by atoms with Crippen molar-refractivity contribution in [1.82, 2.24) is 14.5 Å². The molecule has 6 nitrogen and oxygen atoms in total. The van der Waals surface area contributed by atoms with E-state index in [2.05, 4.69) is 11.9 Å². The summed E-state index contributed by atoms with van der Waals surface area (Å²) in [6, 6.07) is 7.36. The third kappa shape index (κ3) is 4.90. The van der Waals surface area contributed by atoms with E-state index in [1.54, 1.807) is 17.7 Å². The molecule has 3 rings (SSSR count). The highest BCUT2D eigenvalue weighted by Crippen LogP contribution is 2.21. The Bertz CT molecular complexity index is 852. The average Bonchev–Trinajstić information content (AvgIpc) is 2.68. The van der Waals surface area contributed by atoms with Crippen LogP contribution in [-0.2, 0) is 16.1 Å². The molecule has 0 aliphatic carbocycles. The number of likely N-dealkylation sites (tertiary alicyclic amines) is 1. The van der Waals surface area contributed by atoms with E-state index in [4.69, 9.17) is 4.74 Å². The average molecular weight is 390 g/mol. The van der Waals surface area contributed by atoms with Gasteiger partial charge in [-0.25, -0.2) is 4.98 Å². The van der Waals surface area contributed by atoms with E-state index in [1.807, 2.05) is 23.1 Å². The van der Waals surface area contributed by atoms with E-state index in [9.17, 15) is 9.59 Å². The third-order valence-electron chi connectivity index (χ3n) is 4.89. The van der Waals surface area contributed by atoms with Gasteiger partial charge < -0.3 is 9.64 Å². The van der Waals surface area contributed by atoms with Crippen LogP contribution in [0.1, 0.15) is 26.2 Å². The van der Waals surface area contributed by atoms with Crippen LogP contribution in [0.5, 0.6) is 0 Å². The van der Waals surface area contributed by atoms with Crippen molar-refractivity contribution in [2.24, 2.45) is 5.92 Å². The molecule has 1 fully saturated rings. The smallest absolute Gasteiger partial charge is 0.262 e. The lowest BCUT2D eigenvalue weighted by Gasteiger charge is -2.30. The molecule has 2 heterocycles. The van der Waals surface area contributed by atoms with Crippen LogP contribution in [-0.4, -0.2) is 52.9 Å². The SMILES string of the molecule is COCCCn1c(SCC(=O)N2CCC[C@@H](C)C2)nc2ccccc2c1=O. The fourth-order valence-electron chi connectivity index (χ4n) is 3.46. The minimum absolute atomic E-state index is 0.0572. The summed E-state index contributed by atoms with van der Waals surface area (Å²) in [4.78, 5) is 32.1. The molecule has 1 saturated heterocycles. The second kappa shape index (κ2) is 9.37. The molecule has 1 aliphatic rings. The molecule has 0 unspecified atom stereocenters. The summed E-state index contributed by atoms with van der Waals surface area (Å²) < 4.78 is 6.79. The van der Waals surface area contributed by atoms with Gasteiger partial charge in [-0.2, -0.15) is 0 Å². The Kier molecular flexibility index (Phi) is 6.90. The minimum atomic E-state index is -0.0572. The molecular formula is C20H27N3O3S. The molecule has 27 heavy (non-hydrogen) atoms. The zero-order chi connectivity index (χ0) is 19.2. The number of rotatable bonds is 7. The van der Waals surface area contributed by atoms with Crippen LogP contribution in [0.2, 0.25) is 0 Å². The predicted molar refractivity (Wildman–Crippen MR) is 108 cm³/mol. The lowest BCUT2D eigenvalue weighted by Crippen LogP contribution is -2.40. The highest BCUT2D eigenvalue weighted by molar-refractivity contribution is 7.99. The van der Waals surface area contributed by atoms with Gasteiger partial charge >= 0.3 is 0 Å². The monoisotopic (exact) mass is 389 g/mol. The summed E-state index contributed by atoms with van der Waals surface area (Å²) in [5.41, 5.74) is 0.616. The molecule has 1 atom stereocenters. The first-order valence-corrected chi connectivity index (χ1v) is 10.5. The zero-order valence-corrected chi connectivity index (χ0v) is 16.8. The Morgan fingerprint density at radius 1 is 1.37 bits per heavy atom. The summed E-state index contributed by atoms with van der Waals surface area (Å²) in [6.07, 6.45) is 2.97. The van der Waals surface area contributed by atoms with E-state index in [-0.39, 0.29) is 11.5 Å². The van der Waals surface area contributed by atoms with E-state index in [0.717, 1.165) is 25.9 Å². The second-order valence-electron chi connectivity index (χ2n) is 7.09. The number of fused-ring (bicyclic) bond motifs is 1. The number of nitrogens with zero attached hydrogens (tertiary/aromatic N) is 3. The molecule has 0 radical (unpaired) electrons. The number of hydrogen-bond acceptors (Lipinski definition) is 5. The fourth-order valence-corrected chi connectivity index (χ4v) is 4.38. The van der Waals surface area contributed by atoms with Gasteiger partial charge in [0.1, 0.15) is 0 Å². The maximum Gasteiger partial charge on any atom is 0.262 e. The Labute approximate surface area is 163 Å². The number of carbonyl (C=O) groups excluding carboxylic acids is 1. The first-order valence-electron chi connectivity index (χ1n) is 9.49. The molecule has 1 aliphatic heterocycles. The number of carbonyl (C=O) groups is 1. The molecule has 146 valence electrons. The van der Waals surface area contributed by atoms with Gasteiger partial charge in [0.25, 0.3) is 5.56 Å². The standard InChI is InChI=1S/C20H27N3O3S/c1-15-7-5-10-22(13-15)18(24)14-27-20-21-17-9-4-3-8-16(17)19(25)23(20)11-6-12-26-2/h3-4,8-9,15H,5-7,10-14H2,1-2H3/t15-/m1/s1. The number of piperidine rings is 1. The van der Waals surface area contributed by atoms with Crippen molar-refractivity contribution in [3.05, 3.63) is 34.6 Å². The van der Waals surface area contributed by atoms with Crippen LogP contribution in [0, 0.1) is 5.92 Å². The predicted octanol–water partition coefficient (Wildman–Crippen LogP) is 2.78. The van der Waals surface area contributed by atoms with Gasteiger partial charge in [0.05, 0.1) is 16.7 Å². The highest BCUT2D eigenvalue weighted by Gasteiger charge is 2.21. The van der Waals surface area contributed by atoms with Gasteiger partial charge in [0.2, 0.25) is 5.91 Å². The lowest BCUT2D eigenvalue weighted by molar-refractivity contribution is -0.130. The quantitative estimate of drug-likeness (QED) is 0.414. The molecule has 0 saturated carbocycles. The number of benzene rings is 1. The molecule has 0 N–H and O–H groups in total. The molecule has 0 spiro atoms. The van der Waals surface area contributed by atoms with Crippen molar-refractivity contribution in [2.75, 3.05) is 32.6 Å². The maximum atomic E-state index is 12.9. The number of aromatic nitrogens is 2. The summed E-state index contributed by atoms with van der Waals surface area (Å²) >= 11 is 1.36. The van der Waals surface area contributed by atoms with E-state index in [1.165, 1.54) is 18.2 Å². The van der Waals surface area contributed by atoms with Crippen molar-refractivity contribution in [1.29, 1.82) is 0 Å². The molecule has 1 amide bonds. The Balaban J connectivity index is 1.80. The topological polar surface area (TPSA) is 64.4 Å². The maximum absolute atomic E-state index is 12.9. The Hall–Kier alpha value is -1.86. The second-order valence-corrected chi connectivity index (χ2v) is 8.03. The normalized spacial score (nSPS) is 17.4. The van der Waals surface area contributed by atoms with Gasteiger partial charge in [-0.15, -0.1) is 0 Å². The molecule has 1 aromatic carbocycles.